The summed E-state index contributed by atoms with van der Waals surface area (Å²) in [6, 6.07) is 1.62. The molecule has 23 heavy (non-hydrogen) atoms. The molecular weight excluding hydrogens is 292 g/mol. The summed E-state index contributed by atoms with van der Waals surface area (Å²) in [5.74, 6) is 0.681. The first-order valence-electron chi connectivity index (χ1n) is 7.56. The van der Waals surface area contributed by atoms with Gasteiger partial charge in [0, 0.05) is 18.8 Å². The van der Waals surface area contributed by atoms with Crippen LogP contribution in [0.4, 0.5) is 0 Å². The second kappa shape index (κ2) is 5.35. The summed E-state index contributed by atoms with van der Waals surface area (Å²) in [6.45, 7) is 1.97. The smallest absolute Gasteiger partial charge is 0.277 e. The Morgan fingerprint density at radius 3 is 3.17 bits per heavy atom. The number of carbonyl (C=O) groups excluding carboxylic acids is 1. The number of nitrogens with one attached hydrogen (secondary N) is 1. The van der Waals surface area contributed by atoms with E-state index < -0.39 is 0 Å². The van der Waals surface area contributed by atoms with Gasteiger partial charge in [-0.2, -0.15) is 5.10 Å². The molecule has 0 fully saturated rings. The maximum Gasteiger partial charge on any atom is 0.277 e. The van der Waals surface area contributed by atoms with E-state index in [4.69, 9.17) is 0 Å². The predicted molar refractivity (Wildman–Crippen MR) is 85.6 cm³/mol. The molecule has 0 bridgehead atoms. The van der Waals surface area contributed by atoms with Crippen LogP contribution in [0.25, 0.3) is 6.08 Å². The van der Waals surface area contributed by atoms with Crippen molar-refractivity contribution in [1.82, 2.24) is 24.6 Å². The van der Waals surface area contributed by atoms with Crippen molar-refractivity contribution < 1.29 is 4.79 Å². The van der Waals surface area contributed by atoms with Crippen molar-refractivity contribution in [2.24, 2.45) is 4.99 Å². The molecule has 4 rings (SSSR count). The number of hydrogen-bond acceptors (Lipinski definition) is 4. The van der Waals surface area contributed by atoms with Gasteiger partial charge in [-0.25, -0.2) is 14.7 Å². The van der Waals surface area contributed by atoms with Gasteiger partial charge in [-0.1, -0.05) is 6.08 Å². The molecule has 2 aromatic rings. The number of carbonyl (C=O) groups is 1. The first-order chi connectivity index (χ1) is 11.3. The molecule has 2 aromatic heterocycles. The van der Waals surface area contributed by atoms with Crippen LogP contribution in [0.3, 0.4) is 0 Å². The van der Waals surface area contributed by atoms with Crippen LogP contribution in [0.1, 0.15) is 47.7 Å². The van der Waals surface area contributed by atoms with Crippen molar-refractivity contribution in [3.63, 3.8) is 0 Å². The zero-order valence-electron chi connectivity index (χ0n) is 12.7. The topological polar surface area (TPSA) is 79.2 Å². The number of imidazole rings is 1. The molecule has 0 unspecified atom stereocenters. The number of nitrogens with zero attached hydrogens (tertiary/aromatic N) is 5. The molecule has 116 valence electrons. The lowest BCUT2D eigenvalue weighted by Gasteiger charge is -2.28. The highest BCUT2D eigenvalue weighted by atomic mass is 16.2. The van der Waals surface area contributed by atoms with Gasteiger partial charge in [0.25, 0.3) is 5.91 Å². The van der Waals surface area contributed by atoms with Crippen LogP contribution in [0, 0.1) is 0 Å². The molecule has 1 atom stereocenters. The number of hydrogen-bond donors (Lipinski definition) is 1. The highest BCUT2D eigenvalue weighted by molar-refractivity contribution is 5.99. The van der Waals surface area contributed by atoms with E-state index in [1.165, 1.54) is 0 Å². The summed E-state index contributed by atoms with van der Waals surface area (Å²) in [5.41, 5.74) is 2.32. The Morgan fingerprint density at radius 1 is 1.43 bits per heavy atom. The molecule has 2 aliphatic rings. The number of aromatic nitrogens is 4. The monoisotopic (exact) mass is 308 g/mol. The lowest BCUT2D eigenvalue weighted by Crippen LogP contribution is -2.33. The van der Waals surface area contributed by atoms with Gasteiger partial charge in [-0.15, -0.1) is 0 Å². The Hall–Kier alpha value is -2.96. The molecule has 0 saturated heterocycles. The van der Waals surface area contributed by atoms with Crippen LogP contribution in [-0.4, -0.2) is 36.4 Å². The van der Waals surface area contributed by atoms with Gasteiger partial charge >= 0.3 is 0 Å². The molecule has 0 saturated carbocycles. The third kappa shape index (κ3) is 2.21. The predicted octanol–water partition coefficient (Wildman–Crippen LogP) is 2.35. The summed E-state index contributed by atoms with van der Waals surface area (Å²) in [5, 5.41) is 4.28. The third-order valence-electron chi connectivity index (χ3n) is 4.13. The zero-order valence-corrected chi connectivity index (χ0v) is 12.7. The summed E-state index contributed by atoms with van der Waals surface area (Å²) in [7, 11) is 0. The van der Waals surface area contributed by atoms with Gasteiger partial charge in [-0.05, 0) is 25.5 Å². The quantitative estimate of drug-likeness (QED) is 0.878. The van der Waals surface area contributed by atoms with E-state index >= 15 is 0 Å². The molecule has 7 heteroatoms. The standard InChI is InChI=1S/C16H16N6O/c1-11-15-12(18-10-19-15)6-9-21(11)16(23)13-5-8-20-22(13)14-4-2-3-7-17-14/h3,5-11H,2,4H2,1H3,(H,18,19)/t11-/m0/s1. The van der Waals surface area contributed by atoms with E-state index in [2.05, 4.69) is 20.1 Å². The van der Waals surface area contributed by atoms with Gasteiger partial charge in [0.2, 0.25) is 0 Å². The molecular formula is C16H16N6O. The van der Waals surface area contributed by atoms with E-state index in [1.54, 1.807) is 40.6 Å². The number of allylic oxidation sites excluding steroid dienone is 1. The molecule has 1 amide bonds. The molecule has 0 spiro atoms. The van der Waals surface area contributed by atoms with Crippen molar-refractivity contribution in [2.75, 3.05) is 0 Å². The number of aromatic amines is 1. The number of aliphatic imine (C=N–C) groups is 1. The van der Waals surface area contributed by atoms with Gasteiger partial charge in [0.15, 0.2) is 0 Å². The molecule has 0 aromatic carbocycles. The van der Waals surface area contributed by atoms with Crippen LogP contribution < -0.4 is 0 Å². The summed E-state index contributed by atoms with van der Waals surface area (Å²) >= 11 is 0. The Kier molecular flexibility index (Phi) is 3.18. The Labute approximate surface area is 133 Å². The van der Waals surface area contributed by atoms with E-state index in [1.807, 2.05) is 19.1 Å². The summed E-state index contributed by atoms with van der Waals surface area (Å²) in [6.07, 6.45) is 12.3. The molecule has 1 N–H and O–H groups in total. The van der Waals surface area contributed by atoms with Crippen LogP contribution in [0.15, 0.2) is 42.1 Å². The van der Waals surface area contributed by atoms with Crippen molar-refractivity contribution in [3.8, 4) is 0 Å². The largest absolute Gasteiger partial charge is 0.346 e. The normalized spacial score (nSPS) is 19.6. The number of amides is 1. The second-order valence-electron chi connectivity index (χ2n) is 5.50. The number of H-pyrrole nitrogens is 1. The summed E-state index contributed by atoms with van der Waals surface area (Å²) in [4.78, 5) is 26.3. The van der Waals surface area contributed by atoms with Crippen molar-refractivity contribution in [2.45, 2.75) is 25.8 Å². The Bertz CT molecular complexity index is 840. The second-order valence-corrected chi connectivity index (χ2v) is 5.50. The highest BCUT2D eigenvalue weighted by Gasteiger charge is 2.29. The van der Waals surface area contributed by atoms with Crippen LogP contribution >= 0.6 is 0 Å². The molecule has 4 heterocycles. The maximum atomic E-state index is 13.0. The Morgan fingerprint density at radius 2 is 2.35 bits per heavy atom. The fraction of sp³-hybridized carbons (Fsp3) is 0.250. The summed E-state index contributed by atoms with van der Waals surface area (Å²) < 4.78 is 1.63. The van der Waals surface area contributed by atoms with Gasteiger partial charge < -0.3 is 9.88 Å². The van der Waals surface area contributed by atoms with E-state index in [0.717, 1.165) is 30.1 Å². The molecule has 2 aliphatic heterocycles. The zero-order chi connectivity index (χ0) is 15.8. The highest BCUT2D eigenvalue weighted by Crippen LogP contribution is 2.28. The molecule has 7 nitrogen and oxygen atoms in total. The fourth-order valence-corrected chi connectivity index (χ4v) is 2.90. The van der Waals surface area contributed by atoms with Crippen molar-refractivity contribution in [1.29, 1.82) is 0 Å². The van der Waals surface area contributed by atoms with Gasteiger partial charge in [0.1, 0.15) is 11.5 Å². The minimum absolute atomic E-state index is 0.108. The average molecular weight is 308 g/mol. The number of fused-ring (bicyclic) bond motifs is 1. The van der Waals surface area contributed by atoms with Crippen molar-refractivity contribution >= 4 is 17.8 Å². The van der Waals surface area contributed by atoms with E-state index in [9.17, 15) is 4.79 Å². The third-order valence-corrected chi connectivity index (χ3v) is 4.13. The number of rotatable bonds is 1. The van der Waals surface area contributed by atoms with Crippen LogP contribution in [0.5, 0.6) is 0 Å². The Balaban J connectivity index is 1.67. The lowest BCUT2D eigenvalue weighted by molar-refractivity contribution is 0.0766. The van der Waals surface area contributed by atoms with Gasteiger partial charge in [0.05, 0.1) is 30.0 Å². The average Bonchev–Trinajstić information content (AvgIpc) is 3.25. The first-order valence-corrected chi connectivity index (χ1v) is 7.56. The lowest BCUT2D eigenvalue weighted by atomic mass is 10.1. The maximum absolute atomic E-state index is 13.0. The van der Waals surface area contributed by atoms with Gasteiger partial charge in [-0.3, -0.25) is 4.79 Å². The first kappa shape index (κ1) is 13.7. The SMILES string of the molecule is C[C@H]1c2[nH]cnc2C=CN1C(=O)c1ccnn1C1=NC=CCC1. The molecule has 0 aliphatic carbocycles. The van der Waals surface area contributed by atoms with Crippen molar-refractivity contribution in [3.05, 3.63) is 54.1 Å². The minimum atomic E-state index is -0.110. The van der Waals surface area contributed by atoms with E-state index in [0.29, 0.717) is 5.69 Å². The fourth-order valence-electron chi connectivity index (χ4n) is 2.90. The van der Waals surface area contributed by atoms with Crippen LogP contribution in [0.2, 0.25) is 0 Å². The molecule has 0 radical (unpaired) electrons. The van der Waals surface area contributed by atoms with E-state index in [-0.39, 0.29) is 11.9 Å². The minimum Gasteiger partial charge on any atom is -0.346 e. The van der Waals surface area contributed by atoms with Crippen LogP contribution in [-0.2, 0) is 0 Å².